The molecule has 0 aromatic carbocycles. The number of nitrogens with zero attached hydrogens (tertiary/aromatic N) is 1. The normalized spacial score (nSPS) is 11.9. The van der Waals surface area contributed by atoms with Crippen molar-refractivity contribution in [2.45, 2.75) is 12.5 Å². The minimum absolute atomic E-state index is 0.185. The van der Waals surface area contributed by atoms with E-state index in [0.717, 1.165) is 12.3 Å². The summed E-state index contributed by atoms with van der Waals surface area (Å²) in [6.07, 6.45) is -0.931. The zero-order valence-electron chi connectivity index (χ0n) is 9.06. The van der Waals surface area contributed by atoms with Crippen LogP contribution >= 0.6 is 0 Å². The molecule has 0 spiro atoms. The van der Waals surface area contributed by atoms with E-state index < -0.39 is 35.3 Å². The Bertz CT molecular complexity index is 467. The molecule has 1 aromatic rings. The van der Waals surface area contributed by atoms with Gasteiger partial charge in [0.25, 0.3) is 5.91 Å². The van der Waals surface area contributed by atoms with Crippen LogP contribution in [0.5, 0.6) is 0 Å². The third-order valence-electron chi connectivity index (χ3n) is 2.08. The van der Waals surface area contributed by atoms with Crippen molar-refractivity contribution in [1.82, 2.24) is 10.3 Å². The van der Waals surface area contributed by atoms with E-state index in [2.05, 4.69) is 10.3 Å². The molecule has 1 amide bonds. The van der Waals surface area contributed by atoms with Crippen molar-refractivity contribution in [3.05, 3.63) is 29.6 Å². The molecule has 0 aliphatic rings. The van der Waals surface area contributed by atoms with Crippen molar-refractivity contribution in [1.29, 1.82) is 0 Å². The summed E-state index contributed by atoms with van der Waals surface area (Å²) in [6.45, 7) is -0.185. The number of amides is 1. The lowest BCUT2D eigenvalue weighted by atomic mass is 10.2. The number of halogens is 2. The Labute approximate surface area is 100 Å². The molecule has 3 N–H and O–H groups in total. The molecule has 8 heteroatoms. The van der Waals surface area contributed by atoms with Gasteiger partial charge in [0.05, 0.1) is 5.56 Å². The van der Waals surface area contributed by atoms with Crippen LogP contribution in [0.3, 0.4) is 0 Å². The first-order chi connectivity index (χ1) is 8.43. The van der Waals surface area contributed by atoms with Crippen molar-refractivity contribution in [3.63, 3.8) is 0 Å². The molecular weight excluding hydrogens is 250 g/mol. The zero-order valence-corrected chi connectivity index (χ0v) is 9.06. The fourth-order valence-corrected chi connectivity index (χ4v) is 1.13. The highest BCUT2D eigenvalue weighted by Crippen LogP contribution is 2.08. The van der Waals surface area contributed by atoms with Gasteiger partial charge in [-0.2, -0.15) is 4.39 Å². The van der Waals surface area contributed by atoms with Crippen LogP contribution in [0.1, 0.15) is 16.8 Å². The number of carboxylic acids is 1. The Morgan fingerprint density at radius 1 is 1.44 bits per heavy atom. The first kappa shape index (κ1) is 14.0. The van der Waals surface area contributed by atoms with Crippen molar-refractivity contribution in [3.8, 4) is 0 Å². The van der Waals surface area contributed by atoms with Gasteiger partial charge in [-0.05, 0) is 6.07 Å². The maximum atomic E-state index is 13.1. The Morgan fingerprint density at radius 3 is 2.72 bits per heavy atom. The summed E-state index contributed by atoms with van der Waals surface area (Å²) in [4.78, 5) is 24.7. The van der Waals surface area contributed by atoms with E-state index in [0.29, 0.717) is 0 Å². The largest absolute Gasteiger partial charge is 0.479 e. The molecule has 1 aromatic heterocycles. The Balaban J connectivity index is 2.56. The second kappa shape index (κ2) is 6.01. The van der Waals surface area contributed by atoms with Crippen LogP contribution in [0, 0.1) is 11.8 Å². The molecule has 1 rings (SSSR count). The molecule has 0 fully saturated rings. The molecule has 0 radical (unpaired) electrons. The van der Waals surface area contributed by atoms with E-state index >= 15 is 0 Å². The van der Waals surface area contributed by atoms with Gasteiger partial charge < -0.3 is 15.5 Å². The van der Waals surface area contributed by atoms with Crippen LogP contribution in [-0.4, -0.2) is 39.7 Å². The number of pyridine rings is 1. The van der Waals surface area contributed by atoms with Crippen molar-refractivity contribution in [2.75, 3.05) is 6.54 Å². The second-order valence-electron chi connectivity index (χ2n) is 3.36. The number of hydrogen-bond acceptors (Lipinski definition) is 4. The van der Waals surface area contributed by atoms with Crippen LogP contribution in [0.15, 0.2) is 12.3 Å². The number of aliphatic hydroxyl groups is 1. The standard InChI is InChI=1S/C10H10F2N2O4/c11-7-5(1-3-13-8(7)12)9(16)14-4-2-6(15)10(17)18/h1,3,6,15H,2,4H2,(H,14,16)(H,17,18). The average molecular weight is 260 g/mol. The topological polar surface area (TPSA) is 99.5 Å². The molecule has 1 heterocycles. The van der Waals surface area contributed by atoms with Crippen molar-refractivity contribution in [2.24, 2.45) is 0 Å². The highest BCUT2D eigenvalue weighted by Gasteiger charge is 2.17. The van der Waals surface area contributed by atoms with Gasteiger partial charge >= 0.3 is 5.97 Å². The van der Waals surface area contributed by atoms with E-state index in [1.807, 2.05) is 0 Å². The summed E-state index contributed by atoms with van der Waals surface area (Å²) in [5, 5.41) is 19.4. The van der Waals surface area contributed by atoms with E-state index in [4.69, 9.17) is 10.2 Å². The number of hydrogen-bond donors (Lipinski definition) is 3. The first-order valence-corrected chi connectivity index (χ1v) is 4.92. The lowest BCUT2D eigenvalue weighted by Crippen LogP contribution is -2.30. The van der Waals surface area contributed by atoms with E-state index in [9.17, 15) is 18.4 Å². The van der Waals surface area contributed by atoms with E-state index in [1.165, 1.54) is 0 Å². The highest BCUT2D eigenvalue weighted by molar-refractivity contribution is 5.94. The third kappa shape index (κ3) is 3.45. The molecular formula is C10H10F2N2O4. The van der Waals surface area contributed by atoms with Gasteiger partial charge in [-0.3, -0.25) is 4.79 Å². The fourth-order valence-electron chi connectivity index (χ4n) is 1.13. The predicted molar refractivity (Wildman–Crippen MR) is 54.7 cm³/mol. The molecule has 0 aliphatic heterocycles. The average Bonchev–Trinajstić information content (AvgIpc) is 2.32. The lowest BCUT2D eigenvalue weighted by Gasteiger charge is -2.07. The van der Waals surface area contributed by atoms with E-state index in [-0.39, 0.29) is 13.0 Å². The Kier molecular flexibility index (Phi) is 4.67. The van der Waals surface area contributed by atoms with Crippen molar-refractivity contribution < 1.29 is 28.6 Å². The van der Waals surface area contributed by atoms with Crippen LogP contribution in [0.4, 0.5) is 8.78 Å². The summed E-state index contributed by atoms with van der Waals surface area (Å²) in [5.41, 5.74) is -0.535. The molecule has 6 nitrogen and oxygen atoms in total. The number of nitrogens with one attached hydrogen (secondary N) is 1. The van der Waals surface area contributed by atoms with Gasteiger partial charge in [-0.1, -0.05) is 0 Å². The maximum Gasteiger partial charge on any atom is 0.332 e. The number of aromatic nitrogens is 1. The van der Waals surface area contributed by atoms with Gasteiger partial charge in [0.2, 0.25) is 5.95 Å². The predicted octanol–water partition coefficient (Wildman–Crippen LogP) is -0.0748. The summed E-state index contributed by atoms with van der Waals surface area (Å²) < 4.78 is 25.8. The fraction of sp³-hybridized carbons (Fsp3) is 0.300. The van der Waals surface area contributed by atoms with Crippen LogP contribution in [0.25, 0.3) is 0 Å². The number of carbonyl (C=O) groups is 2. The number of aliphatic carboxylic acids is 1. The quantitative estimate of drug-likeness (QED) is 0.643. The van der Waals surface area contributed by atoms with Crippen molar-refractivity contribution >= 4 is 11.9 Å². The molecule has 1 atom stereocenters. The number of carboxylic acid groups (broad SMARTS) is 1. The third-order valence-corrected chi connectivity index (χ3v) is 2.08. The monoisotopic (exact) mass is 260 g/mol. The molecule has 0 bridgehead atoms. The summed E-state index contributed by atoms with van der Waals surface area (Å²) in [6, 6.07) is 0.987. The van der Waals surface area contributed by atoms with Gasteiger partial charge in [0.15, 0.2) is 11.9 Å². The summed E-state index contributed by atoms with van der Waals surface area (Å²) in [7, 11) is 0. The number of carbonyl (C=O) groups excluding carboxylic acids is 1. The molecule has 98 valence electrons. The minimum atomic E-state index is -1.62. The maximum absolute atomic E-state index is 13.1. The van der Waals surface area contributed by atoms with Crippen LogP contribution in [0.2, 0.25) is 0 Å². The first-order valence-electron chi connectivity index (χ1n) is 4.92. The number of rotatable bonds is 5. The van der Waals surface area contributed by atoms with E-state index in [1.54, 1.807) is 0 Å². The summed E-state index contributed by atoms with van der Waals surface area (Å²) in [5.74, 6) is -5.11. The Morgan fingerprint density at radius 2 is 2.11 bits per heavy atom. The van der Waals surface area contributed by atoms with Gasteiger partial charge in [0, 0.05) is 19.2 Å². The van der Waals surface area contributed by atoms with Gasteiger partial charge in [-0.25, -0.2) is 14.2 Å². The van der Waals surface area contributed by atoms with Gasteiger partial charge in [-0.15, -0.1) is 0 Å². The molecule has 1 unspecified atom stereocenters. The SMILES string of the molecule is O=C(NCCC(O)C(=O)O)c1ccnc(F)c1F. The Hall–Kier alpha value is -2.09. The highest BCUT2D eigenvalue weighted by atomic mass is 19.2. The minimum Gasteiger partial charge on any atom is -0.479 e. The number of aliphatic hydroxyl groups excluding tert-OH is 1. The lowest BCUT2D eigenvalue weighted by molar-refractivity contribution is -0.146. The smallest absolute Gasteiger partial charge is 0.332 e. The molecule has 0 saturated heterocycles. The van der Waals surface area contributed by atoms with Crippen LogP contribution < -0.4 is 5.32 Å². The molecule has 0 aliphatic carbocycles. The van der Waals surface area contributed by atoms with Crippen LogP contribution in [-0.2, 0) is 4.79 Å². The summed E-state index contributed by atoms with van der Waals surface area (Å²) >= 11 is 0. The zero-order chi connectivity index (χ0) is 13.7. The molecule has 18 heavy (non-hydrogen) atoms. The second-order valence-corrected chi connectivity index (χ2v) is 3.36. The van der Waals surface area contributed by atoms with Gasteiger partial charge in [0.1, 0.15) is 0 Å². The molecule has 0 saturated carbocycles.